The van der Waals surface area contributed by atoms with Gasteiger partial charge in [-0.3, -0.25) is 4.79 Å². The molecule has 6 heteroatoms. The average Bonchev–Trinajstić information content (AvgIpc) is 2.64. The molecular formula is C20H19ClN2O3. The molecule has 2 aromatic rings. The monoisotopic (exact) mass is 370 g/mol. The largest absolute Gasteiger partial charge is 0.490 e. The first kappa shape index (κ1) is 19.4. The zero-order valence-electron chi connectivity index (χ0n) is 14.6. The third-order valence-corrected chi connectivity index (χ3v) is 3.70. The van der Waals surface area contributed by atoms with E-state index in [-0.39, 0.29) is 5.57 Å². The van der Waals surface area contributed by atoms with Gasteiger partial charge < -0.3 is 14.8 Å². The van der Waals surface area contributed by atoms with Gasteiger partial charge in [-0.1, -0.05) is 29.8 Å². The Kier molecular flexibility index (Phi) is 7.07. The van der Waals surface area contributed by atoms with Crippen molar-refractivity contribution in [1.29, 1.82) is 5.26 Å². The van der Waals surface area contributed by atoms with Crippen LogP contribution in [0.4, 0.5) is 5.69 Å². The van der Waals surface area contributed by atoms with Gasteiger partial charge in [0.1, 0.15) is 11.6 Å². The van der Waals surface area contributed by atoms with Gasteiger partial charge in [0.2, 0.25) is 0 Å². The molecule has 0 heterocycles. The Labute approximate surface area is 157 Å². The smallest absolute Gasteiger partial charge is 0.266 e. The van der Waals surface area contributed by atoms with Crippen molar-refractivity contribution in [2.45, 2.75) is 13.8 Å². The van der Waals surface area contributed by atoms with Gasteiger partial charge in [0.15, 0.2) is 11.5 Å². The van der Waals surface area contributed by atoms with Crippen molar-refractivity contribution >= 4 is 29.3 Å². The first-order valence-electron chi connectivity index (χ1n) is 8.16. The molecule has 0 aliphatic rings. The van der Waals surface area contributed by atoms with E-state index in [2.05, 4.69) is 5.32 Å². The highest BCUT2D eigenvalue weighted by Gasteiger charge is 2.12. The molecule has 134 valence electrons. The second-order valence-electron chi connectivity index (χ2n) is 5.18. The number of nitriles is 1. The van der Waals surface area contributed by atoms with Crippen LogP contribution in [-0.4, -0.2) is 19.1 Å². The standard InChI is InChI=1S/C20H19ClN2O3/c1-3-25-18-10-9-14(12-19(18)26-4-2)11-15(13-22)20(24)23-17-8-6-5-7-16(17)21/h5-12H,3-4H2,1-2H3,(H,23,24)/b15-11-. The number of para-hydroxylation sites is 1. The molecule has 0 spiro atoms. The Balaban J connectivity index is 2.27. The Hall–Kier alpha value is -2.97. The molecule has 0 unspecified atom stereocenters. The van der Waals surface area contributed by atoms with E-state index in [1.807, 2.05) is 19.9 Å². The maximum atomic E-state index is 12.4. The number of benzene rings is 2. The van der Waals surface area contributed by atoms with Gasteiger partial charge in [-0.05, 0) is 49.8 Å². The third kappa shape index (κ3) is 5.01. The highest BCUT2D eigenvalue weighted by molar-refractivity contribution is 6.34. The molecule has 1 N–H and O–H groups in total. The molecule has 1 amide bonds. The number of halogens is 1. The lowest BCUT2D eigenvalue weighted by atomic mass is 10.1. The zero-order valence-corrected chi connectivity index (χ0v) is 15.3. The van der Waals surface area contributed by atoms with Crippen LogP contribution in [0, 0.1) is 11.3 Å². The number of amides is 1. The van der Waals surface area contributed by atoms with Crippen molar-refractivity contribution in [2.75, 3.05) is 18.5 Å². The first-order valence-corrected chi connectivity index (χ1v) is 8.54. The molecule has 0 aliphatic carbocycles. The van der Waals surface area contributed by atoms with Crippen LogP contribution < -0.4 is 14.8 Å². The lowest BCUT2D eigenvalue weighted by Crippen LogP contribution is -2.13. The number of nitrogens with zero attached hydrogens (tertiary/aromatic N) is 1. The Morgan fingerprint density at radius 1 is 1.15 bits per heavy atom. The van der Waals surface area contributed by atoms with Crippen LogP contribution in [0.1, 0.15) is 19.4 Å². The van der Waals surface area contributed by atoms with Crippen molar-refractivity contribution in [3.05, 3.63) is 58.6 Å². The quantitative estimate of drug-likeness (QED) is 0.567. The number of anilines is 1. The molecule has 0 aromatic heterocycles. The molecule has 0 aliphatic heterocycles. The third-order valence-electron chi connectivity index (χ3n) is 3.37. The van der Waals surface area contributed by atoms with E-state index in [1.165, 1.54) is 6.08 Å². The fraction of sp³-hybridized carbons (Fsp3) is 0.200. The van der Waals surface area contributed by atoms with Gasteiger partial charge in [-0.2, -0.15) is 5.26 Å². The highest BCUT2D eigenvalue weighted by Crippen LogP contribution is 2.29. The van der Waals surface area contributed by atoms with Gasteiger partial charge in [0.05, 0.1) is 23.9 Å². The number of carbonyl (C=O) groups excluding carboxylic acids is 1. The Bertz CT molecular complexity index is 856. The van der Waals surface area contributed by atoms with E-state index in [0.29, 0.717) is 41.0 Å². The highest BCUT2D eigenvalue weighted by atomic mass is 35.5. The number of rotatable bonds is 7. The van der Waals surface area contributed by atoms with Gasteiger partial charge in [-0.15, -0.1) is 0 Å². The molecule has 0 radical (unpaired) electrons. The van der Waals surface area contributed by atoms with Crippen molar-refractivity contribution in [2.24, 2.45) is 0 Å². The van der Waals surface area contributed by atoms with Crippen LogP contribution in [-0.2, 0) is 4.79 Å². The van der Waals surface area contributed by atoms with Crippen molar-refractivity contribution in [3.8, 4) is 17.6 Å². The fourth-order valence-electron chi connectivity index (χ4n) is 2.22. The molecule has 0 saturated heterocycles. The molecule has 2 aromatic carbocycles. The summed E-state index contributed by atoms with van der Waals surface area (Å²) in [6, 6.07) is 14.0. The van der Waals surface area contributed by atoms with Gasteiger partial charge in [-0.25, -0.2) is 0 Å². The van der Waals surface area contributed by atoms with Crippen molar-refractivity contribution < 1.29 is 14.3 Å². The average molecular weight is 371 g/mol. The predicted molar refractivity (Wildman–Crippen MR) is 102 cm³/mol. The maximum absolute atomic E-state index is 12.4. The van der Waals surface area contributed by atoms with Crippen LogP contribution >= 0.6 is 11.6 Å². The van der Waals surface area contributed by atoms with Crippen LogP contribution in [0.3, 0.4) is 0 Å². The zero-order chi connectivity index (χ0) is 18.9. The minimum absolute atomic E-state index is 0.0449. The summed E-state index contributed by atoms with van der Waals surface area (Å²) < 4.78 is 11.1. The van der Waals surface area contributed by atoms with Crippen LogP contribution in [0.5, 0.6) is 11.5 Å². The van der Waals surface area contributed by atoms with Crippen LogP contribution in [0.15, 0.2) is 48.0 Å². The van der Waals surface area contributed by atoms with E-state index in [1.54, 1.807) is 42.5 Å². The summed E-state index contributed by atoms with van der Waals surface area (Å²) in [5.41, 5.74) is 1.06. The molecule has 26 heavy (non-hydrogen) atoms. The summed E-state index contributed by atoms with van der Waals surface area (Å²) in [7, 11) is 0. The number of hydrogen-bond acceptors (Lipinski definition) is 4. The Morgan fingerprint density at radius 2 is 1.85 bits per heavy atom. The van der Waals surface area contributed by atoms with E-state index in [0.717, 1.165) is 0 Å². The molecule has 0 saturated carbocycles. The summed E-state index contributed by atoms with van der Waals surface area (Å²) >= 11 is 6.03. The van der Waals surface area contributed by atoms with Crippen molar-refractivity contribution in [3.63, 3.8) is 0 Å². The summed E-state index contributed by atoms with van der Waals surface area (Å²) in [6.07, 6.45) is 1.49. The second-order valence-corrected chi connectivity index (χ2v) is 5.58. The molecular weight excluding hydrogens is 352 g/mol. The second kappa shape index (κ2) is 9.50. The van der Waals surface area contributed by atoms with Gasteiger partial charge in [0.25, 0.3) is 5.91 Å². The fourth-order valence-corrected chi connectivity index (χ4v) is 2.41. The summed E-state index contributed by atoms with van der Waals surface area (Å²) in [5, 5.41) is 12.4. The van der Waals surface area contributed by atoms with E-state index < -0.39 is 5.91 Å². The molecule has 0 atom stereocenters. The maximum Gasteiger partial charge on any atom is 0.266 e. The minimum atomic E-state index is -0.535. The lowest BCUT2D eigenvalue weighted by Gasteiger charge is -2.11. The molecule has 2 rings (SSSR count). The normalized spacial score (nSPS) is 10.8. The molecule has 0 fully saturated rings. The van der Waals surface area contributed by atoms with Crippen LogP contribution in [0.2, 0.25) is 5.02 Å². The van der Waals surface area contributed by atoms with E-state index in [9.17, 15) is 10.1 Å². The predicted octanol–water partition coefficient (Wildman–Crippen LogP) is 4.68. The Morgan fingerprint density at radius 3 is 2.50 bits per heavy atom. The number of carbonyl (C=O) groups is 1. The summed E-state index contributed by atoms with van der Waals surface area (Å²) in [6.45, 7) is 4.75. The first-order chi connectivity index (χ1) is 12.6. The van der Waals surface area contributed by atoms with E-state index in [4.69, 9.17) is 21.1 Å². The SMILES string of the molecule is CCOc1ccc(/C=C(/C#N)C(=O)Nc2ccccc2Cl)cc1OCC. The topological polar surface area (TPSA) is 71.3 Å². The van der Waals surface area contributed by atoms with Crippen LogP contribution in [0.25, 0.3) is 6.08 Å². The van der Waals surface area contributed by atoms with Gasteiger partial charge in [0, 0.05) is 0 Å². The number of ether oxygens (including phenoxy) is 2. The van der Waals surface area contributed by atoms with Gasteiger partial charge >= 0.3 is 0 Å². The minimum Gasteiger partial charge on any atom is -0.490 e. The summed E-state index contributed by atoms with van der Waals surface area (Å²) in [4.78, 5) is 12.4. The summed E-state index contributed by atoms with van der Waals surface area (Å²) in [5.74, 6) is 0.643. The number of nitrogens with one attached hydrogen (secondary N) is 1. The lowest BCUT2D eigenvalue weighted by molar-refractivity contribution is -0.112. The number of hydrogen-bond donors (Lipinski definition) is 1. The van der Waals surface area contributed by atoms with Crippen molar-refractivity contribution in [1.82, 2.24) is 0 Å². The van der Waals surface area contributed by atoms with E-state index >= 15 is 0 Å². The molecule has 0 bridgehead atoms. The molecule has 5 nitrogen and oxygen atoms in total.